The van der Waals surface area contributed by atoms with Gasteiger partial charge >= 0.3 is 0 Å². The Hall–Kier alpha value is -2.74. The van der Waals surface area contributed by atoms with E-state index in [0.717, 1.165) is 35.8 Å². The highest BCUT2D eigenvalue weighted by atomic mass is 16.5. The lowest BCUT2D eigenvalue weighted by atomic mass is 10.0. The highest BCUT2D eigenvalue weighted by Crippen LogP contribution is 2.24. The van der Waals surface area contributed by atoms with E-state index in [2.05, 4.69) is 29.6 Å². The summed E-state index contributed by atoms with van der Waals surface area (Å²) < 4.78 is 13.2. The zero-order valence-electron chi connectivity index (χ0n) is 15.2. The molecule has 0 amide bonds. The largest absolute Gasteiger partial charge is 0.475 e. The summed E-state index contributed by atoms with van der Waals surface area (Å²) in [6.45, 7) is 5.79. The van der Waals surface area contributed by atoms with Gasteiger partial charge in [-0.1, -0.05) is 5.16 Å². The minimum Gasteiger partial charge on any atom is -0.475 e. The van der Waals surface area contributed by atoms with Gasteiger partial charge in [-0.05, 0) is 13.8 Å². The number of nitrogens with zero attached hydrogens (tertiary/aromatic N) is 6. The van der Waals surface area contributed by atoms with Crippen molar-refractivity contribution in [2.45, 2.75) is 39.4 Å². The van der Waals surface area contributed by atoms with Crippen molar-refractivity contribution < 1.29 is 9.26 Å². The number of aromatic nitrogens is 5. The smallest absolute Gasteiger partial charge is 0.232 e. The maximum absolute atomic E-state index is 5.94. The summed E-state index contributed by atoms with van der Waals surface area (Å²) in [5.41, 5.74) is 4.12. The van der Waals surface area contributed by atoms with Gasteiger partial charge in [-0.2, -0.15) is 0 Å². The van der Waals surface area contributed by atoms with E-state index in [1.165, 1.54) is 5.69 Å². The molecule has 3 aromatic heterocycles. The van der Waals surface area contributed by atoms with Crippen molar-refractivity contribution in [1.29, 1.82) is 0 Å². The normalized spacial score (nSPS) is 17.3. The number of hydrogen-bond acceptors (Lipinski definition) is 7. The Morgan fingerprint density at radius 1 is 1.31 bits per heavy atom. The first-order valence-electron chi connectivity index (χ1n) is 8.65. The Kier molecular flexibility index (Phi) is 4.42. The topological polar surface area (TPSA) is 82.1 Å². The van der Waals surface area contributed by atoms with Crippen LogP contribution in [0.1, 0.15) is 28.5 Å². The number of rotatable bonds is 5. The molecule has 0 saturated heterocycles. The van der Waals surface area contributed by atoms with Crippen LogP contribution in [0.3, 0.4) is 0 Å². The van der Waals surface area contributed by atoms with Gasteiger partial charge in [-0.25, -0.2) is 9.97 Å². The molecule has 0 unspecified atom stereocenters. The molecule has 26 heavy (non-hydrogen) atoms. The first-order chi connectivity index (χ1) is 12.6. The average molecular weight is 354 g/mol. The molecule has 0 radical (unpaired) electrons. The van der Waals surface area contributed by atoms with E-state index in [9.17, 15) is 0 Å². The predicted octanol–water partition coefficient (Wildman–Crippen LogP) is 1.82. The quantitative estimate of drug-likeness (QED) is 0.691. The van der Waals surface area contributed by atoms with E-state index in [1.807, 2.05) is 33.3 Å². The number of hydrogen-bond donors (Lipinski definition) is 0. The molecule has 0 spiro atoms. The van der Waals surface area contributed by atoms with Gasteiger partial charge in [0.05, 0.1) is 35.6 Å². The van der Waals surface area contributed by atoms with Gasteiger partial charge in [0.15, 0.2) is 0 Å². The molecular formula is C18H22N6O2. The zero-order chi connectivity index (χ0) is 18.1. The van der Waals surface area contributed by atoms with Gasteiger partial charge in [-0.15, -0.1) is 0 Å². The van der Waals surface area contributed by atoms with Crippen LogP contribution in [0.2, 0.25) is 0 Å². The van der Waals surface area contributed by atoms with Gasteiger partial charge in [0.2, 0.25) is 5.88 Å². The lowest BCUT2D eigenvalue weighted by Gasteiger charge is -2.34. The first-order valence-corrected chi connectivity index (χ1v) is 8.65. The monoisotopic (exact) mass is 354 g/mol. The van der Waals surface area contributed by atoms with Crippen LogP contribution in [0.5, 0.6) is 5.88 Å². The molecule has 4 rings (SSSR count). The van der Waals surface area contributed by atoms with Gasteiger partial charge in [0.1, 0.15) is 12.4 Å². The van der Waals surface area contributed by atoms with Crippen LogP contribution in [-0.2, 0) is 26.6 Å². The van der Waals surface area contributed by atoms with Crippen LogP contribution < -0.4 is 4.74 Å². The third kappa shape index (κ3) is 3.45. The van der Waals surface area contributed by atoms with Gasteiger partial charge in [-0.3, -0.25) is 9.88 Å². The first kappa shape index (κ1) is 16.7. The van der Waals surface area contributed by atoms with Crippen LogP contribution in [0.15, 0.2) is 29.3 Å². The number of ether oxygens (including phenoxy) is 1. The molecule has 1 aliphatic rings. The number of imidazole rings is 1. The van der Waals surface area contributed by atoms with Crippen LogP contribution in [0.25, 0.3) is 0 Å². The standard InChI is InChI=1S/C18H22N6O2/c1-12-6-19-7-18(21-12)25-10-15-5-17-16(20-11-23(17)3)9-24(15)8-14-4-13(2)26-22-14/h4,6-7,11,15H,5,8-10H2,1-3H3/t15-/m1/s1. The molecule has 0 N–H and O–H groups in total. The summed E-state index contributed by atoms with van der Waals surface area (Å²) in [4.78, 5) is 15.4. The molecule has 0 bridgehead atoms. The fourth-order valence-electron chi connectivity index (χ4n) is 3.31. The van der Waals surface area contributed by atoms with E-state index in [1.54, 1.807) is 12.4 Å². The second kappa shape index (κ2) is 6.87. The van der Waals surface area contributed by atoms with Crippen molar-refractivity contribution in [3.05, 3.63) is 53.3 Å². The third-order valence-electron chi connectivity index (χ3n) is 4.64. The van der Waals surface area contributed by atoms with E-state index in [4.69, 9.17) is 9.26 Å². The molecule has 0 fully saturated rings. The molecule has 0 aliphatic carbocycles. The minimum absolute atomic E-state index is 0.192. The average Bonchev–Trinajstić information content (AvgIpc) is 3.19. The molecule has 8 heteroatoms. The molecule has 136 valence electrons. The second-order valence-corrected chi connectivity index (χ2v) is 6.75. The van der Waals surface area contributed by atoms with E-state index in [0.29, 0.717) is 19.0 Å². The number of fused-ring (bicyclic) bond motifs is 1. The zero-order valence-corrected chi connectivity index (χ0v) is 15.2. The second-order valence-electron chi connectivity index (χ2n) is 6.75. The molecule has 0 aromatic carbocycles. The van der Waals surface area contributed by atoms with E-state index >= 15 is 0 Å². The van der Waals surface area contributed by atoms with Crippen LogP contribution in [0.4, 0.5) is 0 Å². The van der Waals surface area contributed by atoms with Crippen LogP contribution >= 0.6 is 0 Å². The summed E-state index contributed by atoms with van der Waals surface area (Å²) in [5.74, 6) is 1.37. The molecule has 1 atom stereocenters. The van der Waals surface area contributed by atoms with Gasteiger partial charge < -0.3 is 13.8 Å². The van der Waals surface area contributed by atoms with Crippen molar-refractivity contribution in [3.63, 3.8) is 0 Å². The highest BCUT2D eigenvalue weighted by molar-refractivity contribution is 5.19. The van der Waals surface area contributed by atoms with E-state index in [-0.39, 0.29) is 6.04 Å². The highest BCUT2D eigenvalue weighted by Gasteiger charge is 2.30. The maximum Gasteiger partial charge on any atom is 0.232 e. The van der Waals surface area contributed by atoms with Crippen LogP contribution in [0, 0.1) is 13.8 Å². The number of aryl methyl sites for hydroxylation is 3. The Morgan fingerprint density at radius 2 is 2.19 bits per heavy atom. The van der Waals surface area contributed by atoms with Gasteiger partial charge in [0.25, 0.3) is 0 Å². The Bertz CT molecular complexity index is 903. The lowest BCUT2D eigenvalue weighted by molar-refractivity contribution is 0.102. The Morgan fingerprint density at radius 3 is 2.96 bits per heavy atom. The molecule has 0 saturated carbocycles. The Balaban J connectivity index is 1.52. The molecular weight excluding hydrogens is 332 g/mol. The lowest BCUT2D eigenvalue weighted by Crippen LogP contribution is -2.44. The maximum atomic E-state index is 5.94. The summed E-state index contributed by atoms with van der Waals surface area (Å²) in [6.07, 6.45) is 6.10. The van der Waals surface area contributed by atoms with Crippen molar-refractivity contribution in [2.75, 3.05) is 6.61 Å². The van der Waals surface area contributed by atoms with Gasteiger partial charge in [0, 0.05) is 44.5 Å². The van der Waals surface area contributed by atoms with Crippen molar-refractivity contribution >= 4 is 0 Å². The summed E-state index contributed by atoms with van der Waals surface area (Å²) in [7, 11) is 2.03. The van der Waals surface area contributed by atoms with Crippen molar-refractivity contribution in [3.8, 4) is 5.88 Å². The molecule has 3 aromatic rings. The van der Waals surface area contributed by atoms with E-state index < -0.39 is 0 Å². The van der Waals surface area contributed by atoms with Crippen molar-refractivity contribution in [2.24, 2.45) is 7.05 Å². The summed E-state index contributed by atoms with van der Waals surface area (Å²) >= 11 is 0. The summed E-state index contributed by atoms with van der Waals surface area (Å²) in [5, 5.41) is 4.13. The van der Waals surface area contributed by atoms with Crippen molar-refractivity contribution in [1.82, 2.24) is 29.6 Å². The van der Waals surface area contributed by atoms with Crippen LogP contribution in [-0.4, -0.2) is 42.2 Å². The minimum atomic E-state index is 0.192. The predicted molar refractivity (Wildman–Crippen MR) is 93.5 cm³/mol. The fraction of sp³-hybridized carbons (Fsp3) is 0.444. The Labute approximate surface area is 151 Å². The fourth-order valence-corrected chi connectivity index (χ4v) is 3.31. The summed E-state index contributed by atoms with van der Waals surface area (Å²) in [6, 6.07) is 2.16. The molecule has 4 heterocycles. The molecule has 1 aliphatic heterocycles. The SMILES string of the molecule is Cc1cncc(OC[C@H]2Cc3c(ncn3C)CN2Cc2cc(C)on2)n1. The third-order valence-corrected chi connectivity index (χ3v) is 4.64. The molecule has 8 nitrogen and oxygen atoms in total.